The lowest BCUT2D eigenvalue weighted by Gasteiger charge is -2.36. The number of carbonyl (C=O) groups is 2. The van der Waals surface area contributed by atoms with Gasteiger partial charge in [0.05, 0.1) is 14.9 Å². The SMILES string of the molecule is O=C(C=Cc1ccc(-c2cccc(Cl)c2Cl)o1)Nc1ccc(N2CCN(C(=O)c3cccs3)CC2)cc1. The zero-order chi connectivity index (χ0) is 25.8. The van der Waals surface area contributed by atoms with E-state index in [4.69, 9.17) is 27.6 Å². The van der Waals surface area contributed by atoms with E-state index in [-0.39, 0.29) is 11.8 Å². The highest BCUT2D eigenvalue weighted by Gasteiger charge is 2.22. The number of hydrogen-bond acceptors (Lipinski definition) is 5. The smallest absolute Gasteiger partial charge is 0.264 e. The molecule has 2 aromatic carbocycles. The molecule has 1 aliphatic rings. The number of carbonyl (C=O) groups excluding carboxylic acids is 2. The number of piperazine rings is 1. The van der Waals surface area contributed by atoms with Gasteiger partial charge in [0.15, 0.2) is 0 Å². The third-order valence-corrected chi connectivity index (χ3v) is 7.72. The van der Waals surface area contributed by atoms with Gasteiger partial charge in [0.25, 0.3) is 5.91 Å². The Balaban J connectivity index is 1.14. The van der Waals surface area contributed by atoms with Crippen LogP contribution < -0.4 is 10.2 Å². The monoisotopic (exact) mass is 551 g/mol. The molecule has 0 saturated carbocycles. The van der Waals surface area contributed by atoms with E-state index in [1.165, 1.54) is 17.4 Å². The Kier molecular flexibility index (Phi) is 7.65. The molecule has 188 valence electrons. The van der Waals surface area contributed by atoms with Gasteiger partial charge in [-0.2, -0.15) is 0 Å². The summed E-state index contributed by atoms with van der Waals surface area (Å²) in [5, 5.41) is 5.65. The molecule has 2 amide bonds. The number of furan rings is 1. The fraction of sp³-hybridized carbons (Fsp3) is 0.143. The van der Waals surface area contributed by atoms with E-state index in [0.29, 0.717) is 45.9 Å². The second kappa shape index (κ2) is 11.3. The molecule has 0 aliphatic carbocycles. The fourth-order valence-corrected chi connectivity index (χ4v) is 5.19. The van der Waals surface area contributed by atoms with E-state index < -0.39 is 0 Å². The Morgan fingerprint density at radius 3 is 2.43 bits per heavy atom. The zero-order valence-corrected chi connectivity index (χ0v) is 22.0. The quantitative estimate of drug-likeness (QED) is 0.264. The third kappa shape index (κ3) is 5.91. The lowest BCUT2D eigenvalue weighted by Crippen LogP contribution is -2.48. The molecule has 37 heavy (non-hydrogen) atoms. The van der Waals surface area contributed by atoms with Crippen LogP contribution in [-0.4, -0.2) is 42.9 Å². The van der Waals surface area contributed by atoms with Crippen LogP contribution in [-0.2, 0) is 4.79 Å². The molecule has 1 aliphatic heterocycles. The molecule has 1 saturated heterocycles. The van der Waals surface area contributed by atoms with Gasteiger partial charge in [-0.15, -0.1) is 11.3 Å². The van der Waals surface area contributed by atoms with Crippen molar-refractivity contribution in [1.29, 1.82) is 0 Å². The average Bonchev–Trinajstić information content (AvgIpc) is 3.62. The minimum absolute atomic E-state index is 0.0970. The predicted molar refractivity (Wildman–Crippen MR) is 151 cm³/mol. The normalized spacial score (nSPS) is 13.8. The number of rotatable bonds is 6. The molecule has 0 bridgehead atoms. The molecule has 1 N–H and O–H groups in total. The van der Waals surface area contributed by atoms with Crippen molar-refractivity contribution in [1.82, 2.24) is 4.90 Å². The number of thiophene rings is 1. The molecule has 4 aromatic rings. The molecular formula is C28H23Cl2N3O3S. The summed E-state index contributed by atoms with van der Waals surface area (Å²) < 4.78 is 5.79. The van der Waals surface area contributed by atoms with Crippen molar-refractivity contribution in [2.45, 2.75) is 0 Å². The van der Waals surface area contributed by atoms with Crippen molar-refractivity contribution < 1.29 is 14.0 Å². The lowest BCUT2D eigenvalue weighted by molar-refractivity contribution is -0.111. The summed E-state index contributed by atoms with van der Waals surface area (Å²) in [7, 11) is 0. The van der Waals surface area contributed by atoms with E-state index in [1.54, 1.807) is 30.3 Å². The molecular weight excluding hydrogens is 529 g/mol. The molecule has 2 aromatic heterocycles. The minimum atomic E-state index is -0.271. The Bertz CT molecular complexity index is 1420. The minimum Gasteiger partial charge on any atom is -0.457 e. The van der Waals surface area contributed by atoms with Crippen molar-refractivity contribution in [3.8, 4) is 11.3 Å². The largest absolute Gasteiger partial charge is 0.457 e. The van der Waals surface area contributed by atoms with E-state index in [1.807, 2.05) is 52.7 Å². The van der Waals surface area contributed by atoms with Gasteiger partial charge in [0.2, 0.25) is 5.91 Å². The van der Waals surface area contributed by atoms with Crippen molar-refractivity contribution >= 4 is 63.8 Å². The summed E-state index contributed by atoms with van der Waals surface area (Å²) in [5.41, 5.74) is 2.43. The van der Waals surface area contributed by atoms with Crippen LogP contribution in [0.1, 0.15) is 15.4 Å². The van der Waals surface area contributed by atoms with Gasteiger partial charge in [-0.1, -0.05) is 35.3 Å². The molecule has 9 heteroatoms. The van der Waals surface area contributed by atoms with Gasteiger partial charge in [-0.05, 0) is 66.1 Å². The summed E-state index contributed by atoms with van der Waals surface area (Å²) >= 11 is 13.8. The van der Waals surface area contributed by atoms with Gasteiger partial charge in [-0.3, -0.25) is 9.59 Å². The first kappa shape index (κ1) is 25.1. The maximum atomic E-state index is 12.5. The van der Waals surface area contributed by atoms with Gasteiger partial charge in [-0.25, -0.2) is 0 Å². The highest BCUT2D eigenvalue weighted by atomic mass is 35.5. The average molecular weight is 552 g/mol. The van der Waals surface area contributed by atoms with E-state index in [2.05, 4.69) is 10.2 Å². The van der Waals surface area contributed by atoms with Crippen LogP contribution in [0.25, 0.3) is 17.4 Å². The highest BCUT2D eigenvalue weighted by Crippen LogP contribution is 2.34. The second-order valence-corrected chi connectivity index (χ2v) is 10.2. The fourth-order valence-electron chi connectivity index (χ4n) is 4.10. The van der Waals surface area contributed by atoms with Crippen molar-refractivity contribution in [2.75, 3.05) is 36.4 Å². The molecule has 0 unspecified atom stereocenters. The van der Waals surface area contributed by atoms with Crippen molar-refractivity contribution in [3.63, 3.8) is 0 Å². The van der Waals surface area contributed by atoms with Gasteiger partial charge >= 0.3 is 0 Å². The molecule has 0 atom stereocenters. The lowest BCUT2D eigenvalue weighted by atomic mass is 10.2. The van der Waals surface area contributed by atoms with Crippen molar-refractivity contribution in [2.24, 2.45) is 0 Å². The number of nitrogens with zero attached hydrogens (tertiary/aromatic N) is 2. The Hall–Kier alpha value is -3.52. The molecule has 6 nitrogen and oxygen atoms in total. The standard InChI is InChI=1S/C28H23Cl2N3O3S/c29-23-4-1-3-22(27(23)30)24-12-10-21(36-24)11-13-26(34)31-19-6-8-20(9-7-19)32-14-16-33(17-15-32)28(35)25-5-2-18-37-25/h1-13,18H,14-17H2,(H,31,34). The maximum absolute atomic E-state index is 12.5. The van der Waals surface area contributed by atoms with Crippen LogP contribution in [0.15, 0.2) is 82.6 Å². The maximum Gasteiger partial charge on any atom is 0.264 e. The van der Waals surface area contributed by atoms with E-state index in [0.717, 1.165) is 23.7 Å². The van der Waals surface area contributed by atoms with Crippen LogP contribution in [0, 0.1) is 0 Å². The first-order chi connectivity index (χ1) is 18.0. The van der Waals surface area contributed by atoms with Crippen LogP contribution in [0.3, 0.4) is 0 Å². The number of nitrogens with one attached hydrogen (secondary N) is 1. The Morgan fingerprint density at radius 2 is 1.70 bits per heavy atom. The molecule has 3 heterocycles. The molecule has 5 rings (SSSR count). The number of amides is 2. The first-order valence-corrected chi connectivity index (χ1v) is 13.3. The first-order valence-electron chi connectivity index (χ1n) is 11.7. The second-order valence-electron chi connectivity index (χ2n) is 8.43. The number of benzene rings is 2. The summed E-state index contributed by atoms with van der Waals surface area (Å²) in [5.74, 6) is 0.917. The number of hydrogen-bond donors (Lipinski definition) is 1. The van der Waals surface area contributed by atoms with Crippen LogP contribution in [0.4, 0.5) is 11.4 Å². The van der Waals surface area contributed by atoms with Gasteiger partial charge in [0, 0.05) is 49.2 Å². The third-order valence-electron chi connectivity index (χ3n) is 6.04. The van der Waals surface area contributed by atoms with Crippen LogP contribution in [0.2, 0.25) is 10.0 Å². The van der Waals surface area contributed by atoms with Crippen LogP contribution >= 0.6 is 34.5 Å². The summed E-state index contributed by atoms with van der Waals surface area (Å²) in [6.45, 7) is 2.88. The van der Waals surface area contributed by atoms with Crippen molar-refractivity contribution in [3.05, 3.63) is 98.9 Å². The van der Waals surface area contributed by atoms with Crippen LogP contribution in [0.5, 0.6) is 0 Å². The van der Waals surface area contributed by atoms with E-state index in [9.17, 15) is 9.59 Å². The zero-order valence-electron chi connectivity index (χ0n) is 19.7. The molecule has 0 radical (unpaired) electrons. The highest BCUT2D eigenvalue weighted by molar-refractivity contribution is 7.12. The van der Waals surface area contributed by atoms with Gasteiger partial charge < -0.3 is 19.5 Å². The van der Waals surface area contributed by atoms with E-state index >= 15 is 0 Å². The summed E-state index contributed by atoms with van der Waals surface area (Å²) in [6, 6.07) is 20.3. The summed E-state index contributed by atoms with van der Waals surface area (Å²) in [4.78, 5) is 29.9. The Labute approximate surface area is 228 Å². The topological polar surface area (TPSA) is 65.8 Å². The Morgan fingerprint density at radius 1 is 0.919 bits per heavy atom. The number of halogens is 2. The summed E-state index contributed by atoms with van der Waals surface area (Å²) in [6.07, 6.45) is 3.02. The van der Waals surface area contributed by atoms with Gasteiger partial charge in [0.1, 0.15) is 11.5 Å². The predicted octanol–water partition coefficient (Wildman–Crippen LogP) is 6.93. The molecule has 1 fully saturated rings. The molecule has 0 spiro atoms. The number of anilines is 2.